The topological polar surface area (TPSA) is 55.8 Å². The van der Waals surface area contributed by atoms with E-state index < -0.39 is 17.9 Å². The molecule has 0 bridgehead atoms. The first-order valence-electron chi connectivity index (χ1n) is 7.37. The highest BCUT2D eigenvalue weighted by Crippen LogP contribution is 2.39. The van der Waals surface area contributed by atoms with Gasteiger partial charge in [-0.15, -0.1) is 0 Å². The van der Waals surface area contributed by atoms with Crippen molar-refractivity contribution in [2.24, 2.45) is 0 Å². The van der Waals surface area contributed by atoms with E-state index in [-0.39, 0.29) is 0 Å². The van der Waals surface area contributed by atoms with E-state index in [1.165, 1.54) is 14.2 Å². The zero-order chi connectivity index (χ0) is 16.1. The second-order valence-electron chi connectivity index (χ2n) is 5.14. The van der Waals surface area contributed by atoms with Crippen LogP contribution in [0.5, 0.6) is 0 Å². The molecule has 1 aliphatic heterocycles. The molecule has 0 spiro atoms. The Bertz CT molecular complexity index is 594. The van der Waals surface area contributed by atoms with Crippen LogP contribution in [0, 0.1) is 0 Å². The van der Waals surface area contributed by atoms with Crippen molar-refractivity contribution in [1.29, 1.82) is 0 Å². The number of benzene rings is 1. The van der Waals surface area contributed by atoms with Crippen molar-refractivity contribution >= 4 is 17.6 Å². The molecule has 0 radical (unpaired) electrons. The van der Waals surface area contributed by atoms with Crippen LogP contribution in [0.4, 0.5) is 5.69 Å². The van der Waals surface area contributed by atoms with E-state index in [0.29, 0.717) is 5.57 Å². The van der Waals surface area contributed by atoms with Gasteiger partial charge in [0.25, 0.3) is 0 Å². The number of para-hydroxylation sites is 1. The Morgan fingerprint density at radius 3 is 2.55 bits per heavy atom. The highest BCUT2D eigenvalue weighted by Gasteiger charge is 2.37. The molecule has 118 valence electrons. The van der Waals surface area contributed by atoms with Gasteiger partial charge in [0.05, 0.1) is 19.8 Å². The van der Waals surface area contributed by atoms with E-state index in [9.17, 15) is 9.59 Å². The highest BCUT2D eigenvalue weighted by atomic mass is 16.5. The molecule has 0 fully saturated rings. The lowest BCUT2D eigenvalue weighted by Gasteiger charge is -2.32. The molecule has 1 aromatic carbocycles. The molecule has 2 rings (SSSR count). The minimum absolute atomic E-state index is 0.309. The smallest absolute Gasteiger partial charge is 0.336 e. The van der Waals surface area contributed by atoms with Gasteiger partial charge in [-0.2, -0.15) is 0 Å². The zero-order valence-electron chi connectivity index (χ0n) is 13.2. The summed E-state index contributed by atoms with van der Waals surface area (Å²) in [5, 5.41) is 0. The number of rotatable bonds is 5. The van der Waals surface area contributed by atoms with E-state index in [0.717, 1.165) is 30.6 Å². The lowest BCUT2D eigenvalue weighted by Crippen LogP contribution is -2.32. The molecule has 0 unspecified atom stereocenters. The Kier molecular flexibility index (Phi) is 5.20. The number of esters is 2. The summed E-state index contributed by atoms with van der Waals surface area (Å²) in [4.78, 5) is 26.3. The third-order valence-corrected chi connectivity index (χ3v) is 3.77. The molecule has 1 heterocycles. The monoisotopic (exact) mass is 303 g/mol. The molecule has 0 saturated carbocycles. The Morgan fingerprint density at radius 2 is 1.91 bits per heavy atom. The van der Waals surface area contributed by atoms with Crippen molar-refractivity contribution in [3.05, 3.63) is 41.6 Å². The number of carbonyl (C=O) groups is 2. The molecule has 1 aromatic rings. The zero-order valence-corrected chi connectivity index (χ0v) is 13.2. The molecular weight excluding hydrogens is 282 g/mol. The van der Waals surface area contributed by atoms with E-state index in [1.807, 2.05) is 29.2 Å². The standard InChI is InChI=1S/C17H21NO4/c1-4-5-10-18-11-13(16(19)21-2)15(17(20)22-3)12-8-6-7-9-14(12)18/h6-9,11,15H,4-5,10H2,1-3H3/t15-/m0/s1. The van der Waals surface area contributed by atoms with Crippen molar-refractivity contribution in [3.8, 4) is 0 Å². The first kappa shape index (κ1) is 16.1. The molecule has 0 saturated heterocycles. The quantitative estimate of drug-likeness (QED) is 0.783. The van der Waals surface area contributed by atoms with E-state index >= 15 is 0 Å². The van der Waals surface area contributed by atoms with Gasteiger partial charge in [0, 0.05) is 18.4 Å². The summed E-state index contributed by atoms with van der Waals surface area (Å²) in [6.07, 6.45) is 3.74. The molecule has 0 aromatic heterocycles. The summed E-state index contributed by atoms with van der Waals surface area (Å²) in [5.41, 5.74) is 2.01. The number of ether oxygens (including phenoxy) is 2. The van der Waals surface area contributed by atoms with Crippen LogP contribution in [-0.4, -0.2) is 32.7 Å². The van der Waals surface area contributed by atoms with Crippen LogP contribution in [-0.2, 0) is 19.1 Å². The van der Waals surface area contributed by atoms with Crippen LogP contribution in [0.15, 0.2) is 36.0 Å². The first-order chi connectivity index (χ1) is 10.6. The summed E-state index contributed by atoms with van der Waals surface area (Å²) in [7, 11) is 2.64. The maximum atomic E-state index is 12.2. The number of hydrogen-bond acceptors (Lipinski definition) is 5. The van der Waals surface area contributed by atoms with Gasteiger partial charge in [-0.05, 0) is 18.1 Å². The van der Waals surface area contributed by atoms with Crippen LogP contribution in [0.1, 0.15) is 31.2 Å². The molecule has 5 heteroatoms. The molecule has 0 amide bonds. The number of carbonyl (C=O) groups excluding carboxylic acids is 2. The van der Waals surface area contributed by atoms with Crippen LogP contribution in [0.2, 0.25) is 0 Å². The van der Waals surface area contributed by atoms with Gasteiger partial charge in [0.1, 0.15) is 5.92 Å². The molecule has 0 N–H and O–H groups in total. The molecular formula is C17H21NO4. The fraction of sp³-hybridized carbons (Fsp3) is 0.412. The van der Waals surface area contributed by atoms with Gasteiger partial charge < -0.3 is 14.4 Å². The minimum atomic E-state index is -0.744. The van der Waals surface area contributed by atoms with Crippen molar-refractivity contribution in [2.45, 2.75) is 25.7 Å². The number of anilines is 1. The van der Waals surface area contributed by atoms with Gasteiger partial charge in [0.2, 0.25) is 0 Å². The van der Waals surface area contributed by atoms with Crippen molar-refractivity contribution in [1.82, 2.24) is 0 Å². The predicted octanol–water partition coefficient (Wildman–Crippen LogP) is 2.62. The van der Waals surface area contributed by atoms with E-state index in [2.05, 4.69) is 6.92 Å². The number of unbranched alkanes of at least 4 members (excludes halogenated alkanes) is 1. The van der Waals surface area contributed by atoms with E-state index in [1.54, 1.807) is 6.20 Å². The number of hydrogen-bond donors (Lipinski definition) is 0. The first-order valence-corrected chi connectivity index (χ1v) is 7.37. The van der Waals surface area contributed by atoms with Crippen LogP contribution in [0.25, 0.3) is 0 Å². The number of nitrogens with zero attached hydrogens (tertiary/aromatic N) is 1. The maximum absolute atomic E-state index is 12.2. The summed E-state index contributed by atoms with van der Waals surface area (Å²) in [6.45, 7) is 2.89. The van der Waals surface area contributed by atoms with Gasteiger partial charge in [-0.3, -0.25) is 4.79 Å². The van der Waals surface area contributed by atoms with Gasteiger partial charge in [-0.25, -0.2) is 4.79 Å². The SMILES string of the molecule is CCCCN1C=C(C(=O)OC)[C@@H](C(=O)OC)c2ccccc21. The predicted molar refractivity (Wildman–Crippen MR) is 83.6 cm³/mol. The Morgan fingerprint density at radius 1 is 1.18 bits per heavy atom. The van der Waals surface area contributed by atoms with Gasteiger partial charge in [0.15, 0.2) is 0 Å². The van der Waals surface area contributed by atoms with Crippen LogP contribution in [0.3, 0.4) is 0 Å². The second-order valence-corrected chi connectivity index (χ2v) is 5.14. The lowest BCUT2D eigenvalue weighted by molar-refractivity contribution is -0.144. The minimum Gasteiger partial charge on any atom is -0.468 e. The summed E-state index contributed by atoms with van der Waals surface area (Å²) < 4.78 is 9.72. The average molecular weight is 303 g/mol. The maximum Gasteiger partial charge on any atom is 0.336 e. The number of methoxy groups -OCH3 is 2. The molecule has 1 aliphatic rings. The van der Waals surface area contributed by atoms with Crippen molar-refractivity contribution in [2.75, 3.05) is 25.7 Å². The molecule has 0 aliphatic carbocycles. The second kappa shape index (κ2) is 7.11. The third-order valence-electron chi connectivity index (χ3n) is 3.77. The number of fused-ring (bicyclic) bond motifs is 1. The lowest BCUT2D eigenvalue weighted by atomic mass is 9.87. The van der Waals surface area contributed by atoms with Crippen molar-refractivity contribution < 1.29 is 19.1 Å². The van der Waals surface area contributed by atoms with Gasteiger partial charge in [-0.1, -0.05) is 31.5 Å². The highest BCUT2D eigenvalue weighted by molar-refractivity contribution is 6.01. The van der Waals surface area contributed by atoms with Crippen LogP contribution >= 0.6 is 0 Å². The Balaban J connectivity index is 2.52. The van der Waals surface area contributed by atoms with Crippen LogP contribution < -0.4 is 4.90 Å². The molecule has 5 nitrogen and oxygen atoms in total. The normalized spacial score (nSPS) is 16.6. The fourth-order valence-electron chi connectivity index (χ4n) is 2.65. The van der Waals surface area contributed by atoms with Gasteiger partial charge >= 0.3 is 11.9 Å². The third kappa shape index (κ3) is 2.98. The Labute approximate surface area is 130 Å². The average Bonchev–Trinajstić information content (AvgIpc) is 2.57. The largest absolute Gasteiger partial charge is 0.468 e. The fourth-order valence-corrected chi connectivity index (χ4v) is 2.65. The molecule has 22 heavy (non-hydrogen) atoms. The Hall–Kier alpha value is -2.30. The summed E-state index contributed by atoms with van der Waals surface area (Å²) in [6, 6.07) is 7.58. The van der Waals surface area contributed by atoms with E-state index in [4.69, 9.17) is 9.47 Å². The summed E-state index contributed by atoms with van der Waals surface area (Å²) >= 11 is 0. The van der Waals surface area contributed by atoms with Crippen molar-refractivity contribution in [3.63, 3.8) is 0 Å². The summed E-state index contributed by atoms with van der Waals surface area (Å²) in [5.74, 6) is -1.71. The molecule has 1 atom stereocenters.